The number of hydrogen-bond acceptors (Lipinski definition) is 12. The molecule has 2 aromatic heterocycles. The second kappa shape index (κ2) is 13.6. The fourth-order valence-corrected chi connectivity index (χ4v) is 9.11. The van der Waals surface area contributed by atoms with Gasteiger partial charge >= 0.3 is 18.3 Å². The molecule has 3 heterocycles. The van der Waals surface area contributed by atoms with E-state index >= 15 is 0 Å². The zero-order valence-electron chi connectivity index (χ0n) is 28.4. The van der Waals surface area contributed by atoms with Gasteiger partial charge < -0.3 is 43.9 Å². The molecule has 1 aromatic carbocycles. The molecule has 4 aliphatic carbocycles. The highest BCUT2D eigenvalue weighted by Gasteiger charge is 2.61. The van der Waals surface area contributed by atoms with Gasteiger partial charge in [0.2, 0.25) is 6.29 Å². The monoisotopic (exact) mass is 744 g/mol. The number of aliphatic hydroxyl groups is 3. The van der Waals surface area contributed by atoms with E-state index in [9.17, 15) is 43.2 Å². The molecular formula is C37H39F3N2O11. The number of hydrogen-bond donors (Lipinski definition) is 4. The van der Waals surface area contributed by atoms with Crippen molar-refractivity contribution < 1.29 is 66.7 Å². The number of para-hydroxylation sites is 1. The van der Waals surface area contributed by atoms with Crippen molar-refractivity contribution in [3.05, 3.63) is 65.2 Å². The normalized spacial score (nSPS) is 33.7. The topological polar surface area (TPSA) is 191 Å². The van der Waals surface area contributed by atoms with E-state index in [0.29, 0.717) is 34.8 Å². The van der Waals surface area contributed by atoms with Crippen LogP contribution in [-0.2, 0) is 31.0 Å². The van der Waals surface area contributed by atoms with Crippen LogP contribution in [-0.4, -0.2) is 85.7 Å². The number of carbonyl (C=O) groups is 2. The van der Waals surface area contributed by atoms with Crippen molar-refractivity contribution in [1.82, 2.24) is 10.1 Å². The highest BCUT2D eigenvalue weighted by Crippen LogP contribution is 2.66. The summed E-state index contributed by atoms with van der Waals surface area (Å²) in [6.45, 7) is 0.154. The summed E-state index contributed by atoms with van der Waals surface area (Å²) in [5.41, 5.74) is 1.88. The van der Waals surface area contributed by atoms with Crippen LogP contribution in [0.3, 0.4) is 0 Å². The number of carbonyl (C=O) groups excluding carboxylic acids is 1. The molecule has 4 saturated carbocycles. The molecular weight excluding hydrogens is 705 g/mol. The number of nitrogens with zero attached hydrogens (tertiary/aromatic N) is 2. The highest BCUT2D eigenvalue weighted by molar-refractivity contribution is 5.89. The van der Waals surface area contributed by atoms with Crippen molar-refractivity contribution >= 4 is 11.9 Å². The van der Waals surface area contributed by atoms with Gasteiger partial charge in [-0.25, -0.2) is 9.59 Å². The Hall–Kier alpha value is -4.09. The maximum absolute atomic E-state index is 13.2. The van der Waals surface area contributed by atoms with Crippen LogP contribution in [0, 0.1) is 17.8 Å². The first kappa shape index (κ1) is 35.9. The second-order valence-corrected chi connectivity index (χ2v) is 15.0. The first-order valence-electron chi connectivity index (χ1n) is 17.9. The van der Waals surface area contributed by atoms with E-state index in [1.54, 1.807) is 18.2 Å². The number of aromatic nitrogens is 2. The van der Waals surface area contributed by atoms with Gasteiger partial charge in [-0.2, -0.15) is 0 Å². The zero-order chi connectivity index (χ0) is 37.2. The fourth-order valence-electron chi connectivity index (χ4n) is 9.11. The van der Waals surface area contributed by atoms with Gasteiger partial charge in [-0.15, -0.1) is 13.2 Å². The molecule has 10 unspecified atom stereocenters. The first-order chi connectivity index (χ1) is 25.3. The molecule has 8 rings (SSSR count). The average molecular weight is 745 g/mol. The predicted molar refractivity (Wildman–Crippen MR) is 173 cm³/mol. The van der Waals surface area contributed by atoms with E-state index in [2.05, 4.69) is 14.9 Å². The van der Waals surface area contributed by atoms with E-state index in [1.165, 1.54) is 24.4 Å². The molecule has 1 saturated heterocycles. The number of fused-ring (bicyclic) bond motifs is 1. The molecule has 284 valence electrons. The molecule has 0 radical (unpaired) electrons. The minimum Gasteiger partial charge on any atom is -0.479 e. The van der Waals surface area contributed by atoms with Crippen molar-refractivity contribution in [2.45, 2.75) is 112 Å². The van der Waals surface area contributed by atoms with Gasteiger partial charge in [-0.3, -0.25) is 4.98 Å². The van der Waals surface area contributed by atoms with Crippen LogP contribution in [0.25, 0.3) is 11.3 Å². The maximum Gasteiger partial charge on any atom is 0.573 e. The second-order valence-electron chi connectivity index (χ2n) is 15.0. The van der Waals surface area contributed by atoms with Crippen LogP contribution in [0.4, 0.5) is 13.2 Å². The summed E-state index contributed by atoms with van der Waals surface area (Å²) in [6.07, 6.45) is -5.67. The lowest BCUT2D eigenvalue weighted by atomic mass is 9.52. The molecule has 4 N–H and O–H groups in total. The Morgan fingerprint density at radius 1 is 0.962 bits per heavy atom. The van der Waals surface area contributed by atoms with Crippen molar-refractivity contribution in [2.24, 2.45) is 17.8 Å². The van der Waals surface area contributed by atoms with E-state index in [4.69, 9.17) is 18.7 Å². The third kappa shape index (κ3) is 6.79. The van der Waals surface area contributed by atoms with Crippen molar-refractivity contribution in [3.8, 4) is 17.0 Å². The minimum absolute atomic E-state index is 0.0412. The Morgan fingerprint density at radius 2 is 1.75 bits per heavy atom. The van der Waals surface area contributed by atoms with Gasteiger partial charge in [0, 0.05) is 34.4 Å². The number of pyridine rings is 1. The predicted octanol–water partition coefficient (Wildman–Crippen LogP) is 4.61. The number of esters is 1. The molecule has 0 spiro atoms. The lowest BCUT2D eigenvalue weighted by molar-refractivity contribution is -0.278. The molecule has 2 bridgehead atoms. The standard InChI is InChI=1S/C37H39F3N2O11/c38-37(39,40)52-25-4-2-1-3-22(25)27-23(31(53-42-27)18-6-7-18)16-49-21-9-5-17-11-24-20(12-21)14-36(24,13-17)26-10-8-19(15-41-26)34(48)51-35-30(45)28(43)29(44)32(50-35)33(46)47/h1-4,8,10,15,17-18,20-21,24,28-30,32,35,43-45H,5-7,9,11-14,16H2,(H,46,47). The van der Waals surface area contributed by atoms with Gasteiger partial charge in [0.15, 0.2) is 6.10 Å². The molecule has 3 aromatic rings. The number of aliphatic carboxylic acids is 1. The number of benzene rings is 1. The van der Waals surface area contributed by atoms with Crippen molar-refractivity contribution in [1.29, 1.82) is 0 Å². The summed E-state index contributed by atoms with van der Waals surface area (Å²) in [5.74, 6) is -0.909. The number of aliphatic hydroxyl groups excluding tert-OH is 3. The van der Waals surface area contributed by atoms with Crippen LogP contribution in [0.15, 0.2) is 47.1 Å². The number of halogens is 3. The lowest BCUT2D eigenvalue weighted by Gasteiger charge is -2.52. The quantitative estimate of drug-likeness (QED) is 0.211. The molecule has 5 aliphatic rings. The van der Waals surface area contributed by atoms with E-state index < -0.39 is 49.0 Å². The Balaban J connectivity index is 0.931. The highest BCUT2D eigenvalue weighted by atomic mass is 19.4. The van der Waals surface area contributed by atoms with E-state index in [0.717, 1.165) is 57.1 Å². The number of alkyl halides is 3. The molecule has 5 fully saturated rings. The summed E-state index contributed by atoms with van der Waals surface area (Å²) in [5, 5.41) is 43.6. The van der Waals surface area contributed by atoms with Crippen LogP contribution in [0.1, 0.15) is 84.7 Å². The minimum atomic E-state index is -4.86. The molecule has 1 aliphatic heterocycles. The van der Waals surface area contributed by atoms with Crippen LogP contribution in [0.5, 0.6) is 5.75 Å². The Labute approximate surface area is 301 Å². The molecule has 0 amide bonds. The molecule has 13 nitrogen and oxygen atoms in total. The summed E-state index contributed by atoms with van der Waals surface area (Å²) in [6, 6.07) is 9.25. The summed E-state index contributed by atoms with van der Waals surface area (Å²) in [7, 11) is 0. The largest absolute Gasteiger partial charge is 0.573 e. The third-order valence-electron chi connectivity index (χ3n) is 11.8. The van der Waals surface area contributed by atoms with Crippen molar-refractivity contribution in [3.63, 3.8) is 0 Å². The molecule has 10 atom stereocenters. The van der Waals surface area contributed by atoms with Crippen LogP contribution in [0.2, 0.25) is 0 Å². The Morgan fingerprint density at radius 3 is 2.47 bits per heavy atom. The first-order valence-corrected chi connectivity index (χ1v) is 17.9. The smallest absolute Gasteiger partial charge is 0.479 e. The summed E-state index contributed by atoms with van der Waals surface area (Å²) < 4.78 is 66.5. The van der Waals surface area contributed by atoms with Gasteiger partial charge in [0.25, 0.3) is 0 Å². The number of rotatable bonds is 10. The number of ether oxygens (including phenoxy) is 4. The third-order valence-corrected chi connectivity index (χ3v) is 11.8. The van der Waals surface area contributed by atoms with Gasteiger partial charge in [0.1, 0.15) is 35.5 Å². The van der Waals surface area contributed by atoms with E-state index in [1.807, 2.05) is 0 Å². The number of carboxylic acids is 1. The zero-order valence-corrected chi connectivity index (χ0v) is 28.4. The number of carboxylic acid groups (broad SMARTS) is 1. The van der Waals surface area contributed by atoms with E-state index in [-0.39, 0.29) is 40.9 Å². The Kier molecular flexibility index (Phi) is 9.24. The Bertz CT molecular complexity index is 1850. The average Bonchev–Trinajstić information content (AvgIpc) is 3.78. The van der Waals surface area contributed by atoms with Gasteiger partial charge in [-0.1, -0.05) is 17.3 Å². The summed E-state index contributed by atoms with van der Waals surface area (Å²) >= 11 is 0. The molecule has 16 heteroatoms. The van der Waals surface area contributed by atoms with Crippen molar-refractivity contribution in [2.75, 3.05) is 0 Å². The van der Waals surface area contributed by atoms with Gasteiger partial charge in [0.05, 0.1) is 18.3 Å². The summed E-state index contributed by atoms with van der Waals surface area (Å²) in [4.78, 5) is 29.0. The molecule has 53 heavy (non-hydrogen) atoms. The maximum atomic E-state index is 13.2. The van der Waals surface area contributed by atoms with Crippen LogP contribution < -0.4 is 4.74 Å². The van der Waals surface area contributed by atoms with Crippen LogP contribution >= 0.6 is 0 Å². The SMILES string of the molecule is O=C(OC1OC(C(=O)O)C(O)C(O)C1O)c1ccc(C23CC4CCC(OCc5c(-c6ccccc6OC(F)(F)F)noc5C5CC5)CC(C2)C3C4)nc1. The fraction of sp³-hybridized carbons (Fsp3) is 0.568. The van der Waals surface area contributed by atoms with Gasteiger partial charge in [-0.05, 0) is 93.4 Å². The lowest BCUT2D eigenvalue weighted by Crippen LogP contribution is -2.60.